The topological polar surface area (TPSA) is 66.5 Å². The number of nitrogens with zero attached hydrogens (tertiary/aromatic N) is 1. The molecular weight excluding hydrogens is 324 g/mol. The molecule has 24 heavy (non-hydrogen) atoms. The van der Waals surface area contributed by atoms with Crippen LogP contribution in [0.2, 0.25) is 0 Å². The van der Waals surface area contributed by atoms with Gasteiger partial charge in [-0.3, -0.25) is 4.79 Å². The normalized spacial score (nSPS) is 16.1. The first-order chi connectivity index (χ1) is 11.5. The zero-order valence-corrected chi connectivity index (χ0v) is 15.2. The highest BCUT2D eigenvalue weighted by atomic mass is 32.2. The van der Waals surface area contributed by atoms with Crippen molar-refractivity contribution in [2.45, 2.75) is 50.5 Å². The molecule has 1 N–H and O–H groups in total. The summed E-state index contributed by atoms with van der Waals surface area (Å²) in [7, 11) is -3.44. The number of benzene rings is 1. The predicted molar refractivity (Wildman–Crippen MR) is 96.0 cm³/mol. The SMILES string of the molecule is CCN(CC)S(=O)(=O)c1ccc(/C=C/C(=O)NC2CCCC2)cc1. The number of hydrogen-bond donors (Lipinski definition) is 1. The van der Waals surface area contributed by atoms with Crippen molar-refractivity contribution in [1.82, 2.24) is 9.62 Å². The van der Waals surface area contributed by atoms with Crippen molar-refractivity contribution in [2.75, 3.05) is 13.1 Å². The van der Waals surface area contributed by atoms with Crippen LogP contribution in [0, 0.1) is 0 Å². The highest BCUT2D eigenvalue weighted by Crippen LogP contribution is 2.18. The van der Waals surface area contributed by atoms with Gasteiger partial charge in [0.1, 0.15) is 0 Å². The third-order valence-corrected chi connectivity index (χ3v) is 6.42. The van der Waals surface area contributed by atoms with E-state index in [1.165, 1.54) is 23.2 Å². The van der Waals surface area contributed by atoms with E-state index < -0.39 is 10.0 Å². The minimum atomic E-state index is -3.44. The van der Waals surface area contributed by atoms with Crippen LogP contribution in [0.3, 0.4) is 0 Å². The summed E-state index contributed by atoms with van der Waals surface area (Å²) < 4.78 is 26.2. The molecule has 1 saturated carbocycles. The smallest absolute Gasteiger partial charge is 0.244 e. The Balaban J connectivity index is 2.01. The first-order valence-corrected chi connectivity index (χ1v) is 10.00. The van der Waals surface area contributed by atoms with Crippen molar-refractivity contribution >= 4 is 22.0 Å². The quantitative estimate of drug-likeness (QED) is 0.769. The zero-order chi connectivity index (χ0) is 17.6. The molecule has 1 aliphatic rings. The summed E-state index contributed by atoms with van der Waals surface area (Å²) in [6, 6.07) is 6.90. The fourth-order valence-electron chi connectivity index (χ4n) is 2.95. The number of amides is 1. The van der Waals surface area contributed by atoms with Crippen LogP contribution in [0.4, 0.5) is 0 Å². The molecule has 0 aliphatic heterocycles. The lowest BCUT2D eigenvalue weighted by Crippen LogP contribution is -2.31. The Bertz CT molecular complexity index is 671. The van der Waals surface area contributed by atoms with Gasteiger partial charge in [0.05, 0.1) is 4.90 Å². The number of rotatable bonds is 7. The predicted octanol–water partition coefficient (Wildman–Crippen LogP) is 2.79. The summed E-state index contributed by atoms with van der Waals surface area (Å²) in [5.74, 6) is -0.0956. The Kier molecular flexibility index (Phi) is 6.57. The van der Waals surface area contributed by atoms with E-state index in [2.05, 4.69) is 5.32 Å². The van der Waals surface area contributed by atoms with E-state index in [1.54, 1.807) is 30.3 Å². The van der Waals surface area contributed by atoms with Crippen molar-refractivity contribution in [3.8, 4) is 0 Å². The van der Waals surface area contributed by atoms with Gasteiger partial charge >= 0.3 is 0 Å². The van der Waals surface area contributed by atoms with Crippen molar-refractivity contribution in [3.05, 3.63) is 35.9 Å². The number of nitrogens with one attached hydrogen (secondary N) is 1. The van der Waals surface area contributed by atoms with Crippen LogP contribution in [0.15, 0.2) is 35.2 Å². The molecular formula is C18H26N2O3S. The third kappa shape index (κ3) is 4.68. The average molecular weight is 350 g/mol. The monoisotopic (exact) mass is 350 g/mol. The Hall–Kier alpha value is -1.66. The van der Waals surface area contributed by atoms with Crippen molar-refractivity contribution in [1.29, 1.82) is 0 Å². The molecule has 0 spiro atoms. The number of sulfonamides is 1. The average Bonchev–Trinajstić information content (AvgIpc) is 3.07. The molecule has 0 radical (unpaired) electrons. The molecule has 1 amide bonds. The fourth-order valence-corrected chi connectivity index (χ4v) is 4.41. The first-order valence-electron chi connectivity index (χ1n) is 8.56. The van der Waals surface area contributed by atoms with Gasteiger partial charge in [0.25, 0.3) is 0 Å². The second-order valence-electron chi connectivity index (χ2n) is 5.98. The highest BCUT2D eigenvalue weighted by Gasteiger charge is 2.21. The molecule has 1 fully saturated rings. The molecule has 0 heterocycles. The Morgan fingerprint density at radius 2 is 1.75 bits per heavy atom. The van der Waals surface area contributed by atoms with Crippen LogP contribution >= 0.6 is 0 Å². The molecule has 0 saturated heterocycles. The Morgan fingerprint density at radius 1 is 1.17 bits per heavy atom. The molecule has 0 bridgehead atoms. The van der Waals surface area contributed by atoms with Gasteiger partial charge in [0.15, 0.2) is 0 Å². The van der Waals surface area contributed by atoms with Crippen LogP contribution < -0.4 is 5.32 Å². The summed E-state index contributed by atoms with van der Waals surface area (Å²) in [6.45, 7) is 4.53. The van der Waals surface area contributed by atoms with E-state index in [4.69, 9.17) is 0 Å². The van der Waals surface area contributed by atoms with E-state index in [-0.39, 0.29) is 10.8 Å². The minimum Gasteiger partial charge on any atom is -0.350 e. The molecule has 0 aromatic heterocycles. The van der Waals surface area contributed by atoms with Gasteiger partial charge in [0, 0.05) is 25.2 Å². The molecule has 1 aromatic rings. The van der Waals surface area contributed by atoms with E-state index in [0.29, 0.717) is 19.1 Å². The lowest BCUT2D eigenvalue weighted by atomic mass is 10.2. The lowest BCUT2D eigenvalue weighted by molar-refractivity contribution is -0.117. The standard InChI is InChI=1S/C18H26N2O3S/c1-3-20(4-2)24(22,23)17-12-9-15(10-13-17)11-14-18(21)19-16-7-5-6-8-16/h9-14,16H,3-8H2,1-2H3,(H,19,21)/b14-11+. The molecule has 6 heteroatoms. The summed E-state index contributed by atoms with van der Waals surface area (Å²) in [6.07, 6.45) is 7.67. The maximum atomic E-state index is 12.4. The molecule has 0 unspecified atom stereocenters. The first kappa shape index (κ1) is 18.7. The molecule has 5 nitrogen and oxygen atoms in total. The molecule has 2 rings (SSSR count). The van der Waals surface area contributed by atoms with Gasteiger partial charge in [-0.25, -0.2) is 8.42 Å². The van der Waals surface area contributed by atoms with Gasteiger partial charge < -0.3 is 5.32 Å². The highest BCUT2D eigenvalue weighted by molar-refractivity contribution is 7.89. The van der Waals surface area contributed by atoms with Gasteiger partial charge in [-0.2, -0.15) is 4.31 Å². The molecule has 0 atom stereocenters. The number of carbonyl (C=O) groups is 1. The van der Waals surface area contributed by atoms with Crippen LogP contribution in [0.1, 0.15) is 45.1 Å². The number of carbonyl (C=O) groups excluding carboxylic acids is 1. The molecule has 1 aromatic carbocycles. The van der Waals surface area contributed by atoms with Gasteiger partial charge in [-0.15, -0.1) is 0 Å². The van der Waals surface area contributed by atoms with Crippen LogP contribution in [-0.4, -0.2) is 37.8 Å². The largest absolute Gasteiger partial charge is 0.350 e. The summed E-state index contributed by atoms with van der Waals surface area (Å²) in [5.41, 5.74) is 0.801. The van der Waals surface area contributed by atoms with Crippen molar-refractivity contribution in [3.63, 3.8) is 0 Å². The molecule has 1 aliphatic carbocycles. The van der Waals surface area contributed by atoms with Gasteiger partial charge in [-0.1, -0.05) is 38.8 Å². The Labute approximate surface area is 144 Å². The second-order valence-corrected chi connectivity index (χ2v) is 7.92. The van der Waals surface area contributed by atoms with Crippen LogP contribution in [-0.2, 0) is 14.8 Å². The van der Waals surface area contributed by atoms with E-state index >= 15 is 0 Å². The van der Waals surface area contributed by atoms with Crippen molar-refractivity contribution in [2.24, 2.45) is 0 Å². The van der Waals surface area contributed by atoms with E-state index in [1.807, 2.05) is 13.8 Å². The van der Waals surface area contributed by atoms with Gasteiger partial charge in [0.2, 0.25) is 15.9 Å². The summed E-state index contributed by atoms with van der Waals surface area (Å²) in [5, 5.41) is 2.99. The van der Waals surface area contributed by atoms with Crippen LogP contribution in [0.25, 0.3) is 6.08 Å². The Morgan fingerprint density at radius 3 is 2.29 bits per heavy atom. The maximum absolute atomic E-state index is 12.4. The zero-order valence-electron chi connectivity index (χ0n) is 14.4. The summed E-state index contributed by atoms with van der Waals surface area (Å²) >= 11 is 0. The van der Waals surface area contributed by atoms with Crippen LogP contribution in [0.5, 0.6) is 0 Å². The maximum Gasteiger partial charge on any atom is 0.244 e. The van der Waals surface area contributed by atoms with E-state index in [0.717, 1.165) is 18.4 Å². The molecule has 132 valence electrons. The minimum absolute atomic E-state index is 0.0956. The second kappa shape index (κ2) is 8.44. The van der Waals surface area contributed by atoms with Gasteiger partial charge in [-0.05, 0) is 36.6 Å². The fraction of sp³-hybridized carbons (Fsp3) is 0.500. The van der Waals surface area contributed by atoms with Crippen molar-refractivity contribution < 1.29 is 13.2 Å². The lowest BCUT2D eigenvalue weighted by Gasteiger charge is -2.18. The van der Waals surface area contributed by atoms with E-state index in [9.17, 15) is 13.2 Å². The number of hydrogen-bond acceptors (Lipinski definition) is 3. The summed E-state index contributed by atoms with van der Waals surface area (Å²) in [4.78, 5) is 12.1. The third-order valence-electron chi connectivity index (χ3n) is 4.35.